The lowest BCUT2D eigenvalue weighted by Gasteiger charge is -2.19. The van der Waals surface area contributed by atoms with Gasteiger partial charge in [-0.3, -0.25) is 0 Å². The van der Waals surface area contributed by atoms with E-state index in [1.165, 1.54) is 47.5 Å². The number of benzene rings is 2. The van der Waals surface area contributed by atoms with Crippen molar-refractivity contribution in [1.82, 2.24) is 0 Å². The van der Waals surface area contributed by atoms with Gasteiger partial charge >= 0.3 is 0 Å². The van der Waals surface area contributed by atoms with Gasteiger partial charge in [-0.1, -0.05) is 72.3 Å². The molecule has 0 heterocycles. The molecule has 3 rings (SSSR count). The van der Waals surface area contributed by atoms with Gasteiger partial charge < -0.3 is 0 Å². The van der Waals surface area contributed by atoms with E-state index >= 15 is 0 Å². The van der Waals surface area contributed by atoms with Gasteiger partial charge in [0.1, 0.15) is 0 Å². The van der Waals surface area contributed by atoms with Crippen molar-refractivity contribution in [3.05, 3.63) is 71.8 Å². The van der Waals surface area contributed by atoms with Gasteiger partial charge in [-0.15, -0.1) is 0 Å². The first-order valence-electron chi connectivity index (χ1n) is 7.44. The maximum Gasteiger partial charge on any atom is 0.0186 e. The fourth-order valence-corrected chi connectivity index (χ4v) is 3.87. The van der Waals surface area contributed by atoms with Crippen molar-refractivity contribution in [2.24, 2.45) is 0 Å². The van der Waals surface area contributed by atoms with Crippen molar-refractivity contribution in [2.45, 2.75) is 37.0 Å². The molecule has 20 heavy (non-hydrogen) atoms. The van der Waals surface area contributed by atoms with Crippen LogP contribution in [0.4, 0.5) is 0 Å². The van der Waals surface area contributed by atoms with Crippen molar-refractivity contribution in [3.8, 4) is 0 Å². The molecule has 0 aliphatic heterocycles. The van der Waals surface area contributed by atoms with Crippen LogP contribution in [0, 0.1) is 0 Å². The molecule has 0 atom stereocenters. The Morgan fingerprint density at radius 3 is 1.95 bits per heavy atom. The first kappa shape index (κ1) is 13.5. The van der Waals surface area contributed by atoms with Crippen LogP contribution >= 0.6 is 11.8 Å². The van der Waals surface area contributed by atoms with Gasteiger partial charge in [0.25, 0.3) is 0 Å². The topological polar surface area (TPSA) is 0 Å². The molecule has 0 spiro atoms. The molecule has 0 aromatic heterocycles. The Morgan fingerprint density at radius 1 is 0.700 bits per heavy atom. The Hall–Kier alpha value is -1.47. The monoisotopic (exact) mass is 280 g/mol. The first-order chi connectivity index (χ1) is 9.93. The molecule has 2 aromatic carbocycles. The second-order valence-corrected chi connectivity index (χ2v) is 6.36. The summed E-state index contributed by atoms with van der Waals surface area (Å²) in [5, 5.41) is 0. The minimum Gasteiger partial charge on any atom is -0.0895 e. The minimum atomic E-state index is 1.27. The van der Waals surface area contributed by atoms with Crippen LogP contribution in [0.15, 0.2) is 71.1 Å². The Morgan fingerprint density at radius 2 is 1.30 bits per heavy atom. The van der Waals surface area contributed by atoms with Gasteiger partial charge in [0.05, 0.1) is 0 Å². The summed E-state index contributed by atoms with van der Waals surface area (Å²) in [6, 6.07) is 21.6. The van der Waals surface area contributed by atoms with E-state index in [1.807, 2.05) is 11.8 Å². The van der Waals surface area contributed by atoms with Crippen molar-refractivity contribution in [1.29, 1.82) is 0 Å². The standard InChI is InChI=1S/C19H20S/c1-4-10-16(11-5-1)19(17-12-6-2-7-13-17)20-18-14-8-3-9-15-18/h1,3-5,8-11,14-15H,2,6-7,12-13H2. The molecule has 0 N–H and O–H groups in total. The molecule has 0 unspecified atom stereocenters. The van der Waals surface area contributed by atoms with Gasteiger partial charge in [0.2, 0.25) is 0 Å². The van der Waals surface area contributed by atoms with E-state index < -0.39 is 0 Å². The van der Waals surface area contributed by atoms with Gasteiger partial charge in [-0.2, -0.15) is 0 Å². The third-order valence-corrected chi connectivity index (χ3v) is 5.01. The van der Waals surface area contributed by atoms with Crippen LogP contribution in [-0.2, 0) is 0 Å². The average Bonchev–Trinajstić information content (AvgIpc) is 2.55. The summed E-state index contributed by atoms with van der Waals surface area (Å²) >= 11 is 1.93. The lowest BCUT2D eigenvalue weighted by Crippen LogP contribution is -1.97. The maximum atomic E-state index is 2.24. The van der Waals surface area contributed by atoms with Crippen LogP contribution < -0.4 is 0 Å². The molecule has 0 nitrogen and oxygen atoms in total. The predicted molar refractivity (Wildman–Crippen MR) is 88.7 cm³/mol. The molecule has 1 aliphatic carbocycles. The van der Waals surface area contributed by atoms with Crippen LogP contribution in [0.5, 0.6) is 0 Å². The number of hydrogen-bond acceptors (Lipinski definition) is 1. The Labute approximate surface area is 125 Å². The lowest BCUT2D eigenvalue weighted by atomic mass is 9.93. The van der Waals surface area contributed by atoms with E-state index in [0.29, 0.717) is 0 Å². The summed E-state index contributed by atoms with van der Waals surface area (Å²) in [5.74, 6) is 0. The van der Waals surface area contributed by atoms with Crippen molar-refractivity contribution in [2.75, 3.05) is 0 Å². The molecule has 1 heteroatoms. The fraction of sp³-hybridized carbons (Fsp3) is 0.263. The second-order valence-electron chi connectivity index (χ2n) is 5.27. The summed E-state index contributed by atoms with van der Waals surface area (Å²) in [5.41, 5.74) is 3.02. The molecule has 0 radical (unpaired) electrons. The maximum absolute atomic E-state index is 2.24. The molecule has 1 aliphatic rings. The van der Waals surface area contributed by atoms with Crippen LogP contribution in [0.3, 0.4) is 0 Å². The number of hydrogen-bond donors (Lipinski definition) is 0. The molecule has 1 fully saturated rings. The Kier molecular flexibility index (Phi) is 4.60. The smallest absolute Gasteiger partial charge is 0.0186 e. The van der Waals surface area contributed by atoms with Gasteiger partial charge in [0, 0.05) is 9.80 Å². The van der Waals surface area contributed by atoms with Crippen molar-refractivity contribution < 1.29 is 0 Å². The summed E-state index contributed by atoms with van der Waals surface area (Å²) in [7, 11) is 0. The first-order valence-corrected chi connectivity index (χ1v) is 8.25. The summed E-state index contributed by atoms with van der Waals surface area (Å²) < 4.78 is 0. The average molecular weight is 280 g/mol. The summed E-state index contributed by atoms with van der Waals surface area (Å²) in [4.78, 5) is 2.82. The number of rotatable bonds is 3. The minimum absolute atomic E-state index is 1.27. The van der Waals surface area contributed by atoms with Crippen LogP contribution in [-0.4, -0.2) is 0 Å². The zero-order valence-corrected chi connectivity index (χ0v) is 12.5. The SMILES string of the molecule is c1ccc(SC(=C2CCCCC2)c2ccccc2)cc1. The molecule has 0 bridgehead atoms. The summed E-state index contributed by atoms with van der Waals surface area (Å²) in [6.45, 7) is 0. The molecule has 0 saturated heterocycles. The highest BCUT2D eigenvalue weighted by atomic mass is 32.2. The number of thioether (sulfide) groups is 1. The quantitative estimate of drug-likeness (QED) is 0.607. The van der Waals surface area contributed by atoms with E-state index in [4.69, 9.17) is 0 Å². The van der Waals surface area contributed by atoms with Crippen LogP contribution in [0.2, 0.25) is 0 Å². The van der Waals surface area contributed by atoms with E-state index in [-0.39, 0.29) is 0 Å². The van der Waals surface area contributed by atoms with Crippen molar-refractivity contribution in [3.63, 3.8) is 0 Å². The molecular formula is C19H20S. The fourth-order valence-electron chi connectivity index (χ4n) is 2.74. The molecular weight excluding hydrogens is 260 g/mol. The normalized spacial score (nSPS) is 15.1. The lowest BCUT2D eigenvalue weighted by molar-refractivity contribution is 0.602. The molecule has 2 aromatic rings. The highest BCUT2D eigenvalue weighted by molar-refractivity contribution is 8.08. The van der Waals surface area contributed by atoms with E-state index in [1.54, 1.807) is 5.57 Å². The third kappa shape index (κ3) is 3.34. The summed E-state index contributed by atoms with van der Waals surface area (Å²) in [6.07, 6.45) is 6.62. The largest absolute Gasteiger partial charge is 0.0895 e. The van der Waals surface area contributed by atoms with Crippen LogP contribution in [0.25, 0.3) is 4.91 Å². The van der Waals surface area contributed by atoms with Gasteiger partial charge in [-0.05, 0) is 43.4 Å². The molecule has 0 amide bonds. The van der Waals surface area contributed by atoms with Gasteiger partial charge in [-0.25, -0.2) is 0 Å². The second kappa shape index (κ2) is 6.81. The van der Waals surface area contributed by atoms with Crippen LogP contribution in [0.1, 0.15) is 37.7 Å². The van der Waals surface area contributed by atoms with Crippen molar-refractivity contribution >= 4 is 16.7 Å². The van der Waals surface area contributed by atoms with Gasteiger partial charge in [0.15, 0.2) is 0 Å². The number of allylic oxidation sites excluding steroid dienone is 1. The van der Waals surface area contributed by atoms with E-state index in [9.17, 15) is 0 Å². The zero-order chi connectivity index (χ0) is 13.6. The Balaban J connectivity index is 1.95. The Bertz CT molecular complexity index is 561. The predicted octanol–water partition coefficient (Wildman–Crippen LogP) is 6.15. The molecule has 1 saturated carbocycles. The van der Waals surface area contributed by atoms with E-state index in [0.717, 1.165) is 0 Å². The molecule has 102 valence electrons. The van der Waals surface area contributed by atoms with E-state index in [2.05, 4.69) is 60.7 Å². The zero-order valence-electron chi connectivity index (χ0n) is 11.7. The third-order valence-electron chi connectivity index (χ3n) is 3.78. The highest BCUT2D eigenvalue weighted by Gasteiger charge is 2.14. The highest BCUT2D eigenvalue weighted by Crippen LogP contribution is 2.41.